The van der Waals surface area contributed by atoms with Gasteiger partial charge < -0.3 is 9.47 Å². The Labute approximate surface area is 105 Å². The molecule has 0 N–H and O–H groups in total. The zero-order valence-corrected chi connectivity index (χ0v) is 10.8. The lowest BCUT2D eigenvalue weighted by Crippen LogP contribution is -2.57. The van der Waals surface area contributed by atoms with E-state index in [2.05, 4.69) is 10.2 Å². The first-order chi connectivity index (χ1) is 8.50. The van der Waals surface area contributed by atoms with E-state index in [4.69, 9.17) is 0 Å². The Morgan fingerprint density at radius 3 is 2.56 bits per heavy atom. The number of hydrogen-bond acceptors (Lipinski definition) is 5. The molecule has 8 heteroatoms. The standard InChI is InChI=1S/C10H14N4O3S/c1-13-6-11-12-10(13)18(16,17)8-4-14(5-8)9(15)7-2-3-7/h6-8H,2-5H2,1H3. The molecule has 0 bridgehead atoms. The van der Waals surface area contributed by atoms with Gasteiger partial charge >= 0.3 is 0 Å². The summed E-state index contributed by atoms with van der Waals surface area (Å²) >= 11 is 0. The first-order valence-corrected chi connectivity index (χ1v) is 7.41. The van der Waals surface area contributed by atoms with Crippen molar-refractivity contribution in [2.75, 3.05) is 13.1 Å². The van der Waals surface area contributed by atoms with Crippen molar-refractivity contribution in [3.05, 3.63) is 6.33 Å². The Bertz CT molecular complexity index is 584. The highest BCUT2D eigenvalue weighted by Crippen LogP contribution is 2.33. The molecule has 0 aromatic carbocycles. The molecular weight excluding hydrogens is 256 g/mol. The molecule has 18 heavy (non-hydrogen) atoms. The van der Waals surface area contributed by atoms with Gasteiger partial charge in [-0.2, -0.15) is 0 Å². The molecule has 1 aromatic rings. The average Bonchev–Trinajstić information content (AvgIpc) is 2.98. The summed E-state index contributed by atoms with van der Waals surface area (Å²) in [4.78, 5) is 13.3. The van der Waals surface area contributed by atoms with Crippen molar-refractivity contribution < 1.29 is 13.2 Å². The van der Waals surface area contributed by atoms with Crippen molar-refractivity contribution in [1.29, 1.82) is 0 Å². The molecule has 1 amide bonds. The van der Waals surface area contributed by atoms with Crippen LogP contribution >= 0.6 is 0 Å². The third-order valence-corrected chi connectivity index (χ3v) is 5.50. The highest BCUT2D eigenvalue weighted by atomic mass is 32.2. The van der Waals surface area contributed by atoms with Crippen LogP contribution in [0.5, 0.6) is 0 Å². The number of likely N-dealkylation sites (tertiary alicyclic amines) is 1. The first kappa shape index (κ1) is 11.6. The van der Waals surface area contributed by atoms with E-state index < -0.39 is 15.1 Å². The van der Waals surface area contributed by atoms with Gasteiger partial charge in [-0.1, -0.05) is 0 Å². The Morgan fingerprint density at radius 2 is 2.06 bits per heavy atom. The number of amides is 1. The van der Waals surface area contributed by atoms with Gasteiger partial charge in [-0.15, -0.1) is 10.2 Å². The number of nitrogens with zero attached hydrogens (tertiary/aromatic N) is 4. The second-order valence-corrected chi connectivity index (χ2v) is 7.03. The van der Waals surface area contributed by atoms with E-state index in [1.807, 2.05) is 0 Å². The van der Waals surface area contributed by atoms with Crippen LogP contribution in [0.2, 0.25) is 0 Å². The van der Waals surface area contributed by atoms with Crippen molar-refractivity contribution >= 4 is 15.7 Å². The number of sulfone groups is 1. The van der Waals surface area contributed by atoms with E-state index in [0.717, 1.165) is 12.8 Å². The summed E-state index contributed by atoms with van der Waals surface area (Å²) in [6, 6.07) is 0. The van der Waals surface area contributed by atoms with Gasteiger partial charge in [0, 0.05) is 26.1 Å². The number of carbonyl (C=O) groups is 1. The van der Waals surface area contributed by atoms with Gasteiger partial charge in [0.2, 0.25) is 20.9 Å². The molecule has 2 fully saturated rings. The monoisotopic (exact) mass is 270 g/mol. The fourth-order valence-electron chi connectivity index (χ4n) is 2.08. The van der Waals surface area contributed by atoms with Crippen LogP contribution in [0.4, 0.5) is 0 Å². The molecule has 1 saturated carbocycles. The highest BCUT2D eigenvalue weighted by Gasteiger charge is 2.45. The van der Waals surface area contributed by atoms with Crippen molar-refractivity contribution in [1.82, 2.24) is 19.7 Å². The van der Waals surface area contributed by atoms with E-state index in [1.54, 1.807) is 11.9 Å². The highest BCUT2D eigenvalue weighted by molar-refractivity contribution is 7.92. The Hall–Kier alpha value is -1.44. The van der Waals surface area contributed by atoms with E-state index in [1.165, 1.54) is 10.9 Å². The summed E-state index contributed by atoms with van der Waals surface area (Å²) in [7, 11) is -1.87. The number of aromatic nitrogens is 3. The lowest BCUT2D eigenvalue weighted by Gasteiger charge is -2.38. The summed E-state index contributed by atoms with van der Waals surface area (Å²) in [6.45, 7) is 0.565. The molecule has 98 valence electrons. The van der Waals surface area contributed by atoms with Crippen LogP contribution in [0.25, 0.3) is 0 Å². The number of aryl methyl sites for hydroxylation is 1. The van der Waals surface area contributed by atoms with Crippen molar-refractivity contribution in [3.63, 3.8) is 0 Å². The van der Waals surface area contributed by atoms with Gasteiger partial charge in [0.1, 0.15) is 11.6 Å². The van der Waals surface area contributed by atoms with Crippen LogP contribution in [-0.2, 0) is 21.7 Å². The van der Waals surface area contributed by atoms with Crippen LogP contribution in [0.15, 0.2) is 11.5 Å². The van der Waals surface area contributed by atoms with Crippen molar-refractivity contribution in [3.8, 4) is 0 Å². The molecule has 7 nitrogen and oxygen atoms in total. The maximum Gasteiger partial charge on any atom is 0.249 e. The molecule has 0 radical (unpaired) electrons. The van der Waals surface area contributed by atoms with Gasteiger partial charge in [-0.05, 0) is 12.8 Å². The van der Waals surface area contributed by atoms with Crippen molar-refractivity contribution in [2.24, 2.45) is 13.0 Å². The van der Waals surface area contributed by atoms with Crippen LogP contribution in [-0.4, -0.2) is 52.3 Å². The number of rotatable bonds is 3. The summed E-state index contributed by atoms with van der Waals surface area (Å²) in [5.74, 6) is 0.239. The fourth-order valence-corrected chi connectivity index (χ4v) is 3.74. The van der Waals surface area contributed by atoms with Crippen LogP contribution in [0, 0.1) is 5.92 Å². The predicted molar refractivity (Wildman–Crippen MR) is 61.3 cm³/mol. The molecule has 2 heterocycles. The average molecular weight is 270 g/mol. The van der Waals surface area contributed by atoms with Crippen LogP contribution in [0.3, 0.4) is 0 Å². The Kier molecular flexibility index (Phi) is 2.44. The summed E-state index contributed by atoms with van der Waals surface area (Å²) in [5, 5.41) is 6.64. The Morgan fingerprint density at radius 1 is 1.39 bits per heavy atom. The zero-order valence-electron chi connectivity index (χ0n) is 9.98. The van der Waals surface area contributed by atoms with Crippen LogP contribution in [0.1, 0.15) is 12.8 Å². The summed E-state index contributed by atoms with van der Waals surface area (Å²) < 4.78 is 25.8. The molecule has 0 spiro atoms. The van der Waals surface area contributed by atoms with Gasteiger partial charge in [0.05, 0.1) is 0 Å². The van der Waals surface area contributed by atoms with E-state index >= 15 is 0 Å². The minimum Gasteiger partial charge on any atom is -0.340 e. The molecular formula is C10H14N4O3S. The molecule has 2 aliphatic rings. The minimum atomic E-state index is -3.47. The normalized spacial score (nSPS) is 20.8. The quantitative estimate of drug-likeness (QED) is 0.718. The number of hydrogen-bond donors (Lipinski definition) is 0. The zero-order chi connectivity index (χ0) is 12.9. The molecule has 3 rings (SSSR count). The van der Waals surface area contributed by atoms with Gasteiger partial charge in [0.25, 0.3) is 0 Å². The first-order valence-electron chi connectivity index (χ1n) is 5.87. The van der Waals surface area contributed by atoms with Crippen molar-refractivity contribution in [2.45, 2.75) is 23.2 Å². The molecule has 1 aliphatic carbocycles. The van der Waals surface area contributed by atoms with Gasteiger partial charge in [-0.3, -0.25) is 4.79 Å². The number of carbonyl (C=O) groups excluding carboxylic acids is 1. The minimum absolute atomic E-state index is 0.0222. The summed E-state index contributed by atoms with van der Waals surface area (Å²) in [5.41, 5.74) is 0. The lowest BCUT2D eigenvalue weighted by atomic mass is 10.2. The fraction of sp³-hybridized carbons (Fsp3) is 0.700. The van der Waals surface area contributed by atoms with E-state index in [0.29, 0.717) is 0 Å². The van der Waals surface area contributed by atoms with E-state index in [-0.39, 0.29) is 30.1 Å². The SMILES string of the molecule is Cn1cnnc1S(=O)(=O)C1CN(C(=O)C2CC2)C1. The smallest absolute Gasteiger partial charge is 0.249 e. The predicted octanol–water partition coefficient (Wildman–Crippen LogP) is -0.790. The van der Waals surface area contributed by atoms with Crippen LogP contribution < -0.4 is 0 Å². The topological polar surface area (TPSA) is 85.2 Å². The maximum atomic E-state index is 12.2. The largest absolute Gasteiger partial charge is 0.340 e. The molecule has 0 unspecified atom stereocenters. The third-order valence-electron chi connectivity index (χ3n) is 3.45. The summed E-state index contributed by atoms with van der Waals surface area (Å²) in [6.07, 6.45) is 3.24. The molecule has 1 saturated heterocycles. The Balaban J connectivity index is 1.71. The van der Waals surface area contributed by atoms with Gasteiger partial charge in [0.15, 0.2) is 0 Å². The maximum absolute atomic E-state index is 12.2. The molecule has 1 aromatic heterocycles. The third kappa shape index (κ3) is 1.71. The van der Waals surface area contributed by atoms with E-state index in [9.17, 15) is 13.2 Å². The van der Waals surface area contributed by atoms with Gasteiger partial charge in [-0.25, -0.2) is 8.42 Å². The molecule has 1 aliphatic heterocycles. The second kappa shape index (κ2) is 3.78. The lowest BCUT2D eigenvalue weighted by molar-refractivity contribution is -0.135. The second-order valence-electron chi connectivity index (χ2n) is 4.91. The molecule has 0 atom stereocenters.